The van der Waals surface area contributed by atoms with Crippen LogP contribution in [0.1, 0.15) is 35.2 Å². The molecule has 1 unspecified atom stereocenters. The van der Waals surface area contributed by atoms with Gasteiger partial charge in [0.2, 0.25) is 5.43 Å². The molecular weight excluding hydrogens is 363 g/mol. The number of carboxylic acids is 1. The van der Waals surface area contributed by atoms with Crippen LogP contribution in [-0.2, 0) is 4.87 Å². The Labute approximate surface area is 153 Å². The summed E-state index contributed by atoms with van der Waals surface area (Å²) in [6, 6.07) is 1.09. The number of halogens is 2. The molecule has 2 heterocycles. The summed E-state index contributed by atoms with van der Waals surface area (Å²) in [4.78, 5) is 27.7. The molecule has 1 aliphatic heterocycles. The highest BCUT2D eigenvalue weighted by Crippen LogP contribution is 2.57. The van der Waals surface area contributed by atoms with Gasteiger partial charge in [-0.1, -0.05) is 0 Å². The highest BCUT2D eigenvalue weighted by molar-refractivity contribution is 6.27. The van der Waals surface area contributed by atoms with Crippen LogP contribution in [-0.4, -0.2) is 40.9 Å². The first kappa shape index (κ1) is 17.3. The van der Waals surface area contributed by atoms with Crippen molar-refractivity contribution in [3.8, 4) is 0 Å². The maximum absolute atomic E-state index is 15.1. The number of aliphatic hydroxyl groups excluding tert-OH is 1. The number of aromatic nitrogens is 1. The molecule has 6 nitrogen and oxygen atoms in total. The van der Waals surface area contributed by atoms with Gasteiger partial charge in [0.1, 0.15) is 11.4 Å². The molecule has 1 aliphatic carbocycles. The summed E-state index contributed by atoms with van der Waals surface area (Å²) in [5.74, 6) is -1.89. The third-order valence-corrected chi connectivity index (χ3v) is 5.90. The Balaban J connectivity index is 1.98. The zero-order chi connectivity index (χ0) is 18.6. The third-order valence-electron chi connectivity index (χ3n) is 5.33. The number of H-pyrrole nitrogens is 1. The number of hydrogen-bond donors (Lipinski definition) is 3. The number of aromatic carboxylic acids is 1. The molecule has 1 atom stereocenters. The molecule has 0 radical (unpaired) electrons. The SMILES string of the molecule is O=C(O)c1c[nH]c2c(C3(Cl)CC3)c(N3CCC(CO)C3)c(F)cc2c1=O. The lowest BCUT2D eigenvalue weighted by molar-refractivity contribution is 0.0695. The molecule has 138 valence electrons. The molecule has 0 bridgehead atoms. The van der Waals surface area contributed by atoms with Gasteiger partial charge in [-0.05, 0) is 25.3 Å². The van der Waals surface area contributed by atoms with Crippen molar-refractivity contribution >= 4 is 34.2 Å². The zero-order valence-corrected chi connectivity index (χ0v) is 14.6. The number of fused-ring (bicyclic) bond motifs is 1. The van der Waals surface area contributed by atoms with Crippen LogP contribution in [0.5, 0.6) is 0 Å². The van der Waals surface area contributed by atoms with Crippen molar-refractivity contribution in [3.63, 3.8) is 0 Å². The van der Waals surface area contributed by atoms with Crippen LogP contribution in [0.3, 0.4) is 0 Å². The number of benzene rings is 1. The number of carbonyl (C=O) groups is 1. The maximum Gasteiger partial charge on any atom is 0.341 e. The van der Waals surface area contributed by atoms with Crippen molar-refractivity contribution < 1.29 is 19.4 Å². The van der Waals surface area contributed by atoms with E-state index in [9.17, 15) is 14.7 Å². The van der Waals surface area contributed by atoms with Crippen LogP contribution in [0, 0.1) is 11.7 Å². The number of nitrogens with one attached hydrogen (secondary N) is 1. The summed E-state index contributed by atoms with van der Waals surface area (Å²) in [5.41, 5.74) is 0.0860. The van der Waals surface area contributed by atoms with Crippen LogP contribution >= 0.6 is 11.6 Å². The molecule has 1 saturated heterocycles. The second-order valence-corrected chi connectivity index (χ2v) is 7.81. The first-order valence-corrected chi connectivity index (χ1v) is 8.90. The summed E-state index contributed by atoms with van der Waals surface area (Å²) in [7, 11) is 0. The first-order valence-electron chi connectivity index (χ1n) is 8.52. The molecule has 0 spiro atoms. The number of carboxylic acid groups (broad SMARTS) is 1. The normalized spacial score (nSPS) is 21.3. The fraction of sp³-hybridized carbons (Fsp3) is 0.444. The van der Waals surface area contributed by atoms with E-state index in [0.29, 0.717) is 42.7 Å². The largest absolute Gasteiger partial charge is 0.477 e. The van der Waals surface area contributed by atoms with Crippen LogP contribution in [0.2, 0.25) is 0 Å². The predicted molar refractivity (Wildman–Crippen MR) is 95.7 cm³/mol. The van der Waals surface area contributed by atoms with E-state index in [1.54, 1.807) is 0 Å². The van der Waals surface area contributed by atoms with Crippen LogP contribution < -0.4 is 10.3 Å². The summed E-state index contributed by atoms with van der Waals surface area (Å²) in [6.45, 7) is 1.13. The minimum atomic E-state index is -1.36. The fourth-order valence-electron chi connectivity index (χ4n) is 3.77. The zero-order valence-electron chi connectivity index (χ0n) is 13.9. The number of pyridine rings is 1. The third kappa shape index (κ3) is 2.57. The molecule has 0 amide bonds. The summed E-state index contributed by atoms with van der Waals surface area (Å²) >= 11 is 6.65. The number of anilines is 1. The second-order valence-electron chi connectivity index (χ2n) is 7.09. The highest BCUT2D eigenvalue weighted by Gasteiger charge is 2.47. The quantitative estimate of drug-likeness (QED) is 0.708. The molecule has 1 aromatic heterocycles. The van der Waals surface area contributed by atoms with E-state index in [-0.39, 0.29) is 17.9 Å². The smallest absolute Gasteiger partial charge is 0.341 e. The standard InChI is InChI=1S/C18H18ClFN2O4/c19-18(2-3-18)13-14-10(16(24)11(6-21-14)17(25)26)5-12(20)15(13)22-4-1-9(7-22)8-23/h5-6,9,23H,1-4,7-8H2,(H,21,24)(H,25,26). The number of nitrogens with zero attached hydrogens (tertiary/aromatic N) is 1. The predicted octanol–water partition coefficient (Wildman–Crippen LogP) is 2.41. The van der Waals surface area contributed by atoms with Crippen molar-refractivity contribution in [2.45, 2.75) is 24.1 Å². The van der Waals surface area contributed by atoms with Gasteiger partial charge in [0.25, 0.3) is 0 Å². The van der Waals surface area contributed by atoms with Crippen molar-refractivity contribution in [2.75, 3.05) is 24.6 Å². The topological polar surface area (TPSA) is 93.6 Å². The van der Waals surface area contributed by atoms with Gasteiger partial charge in [0, 0.05) is 42.8 Å². The lowest BCUT2D eigenvalue weighted by Gasteiger charge is -2.26. The lowest BCUT2D eigenvalue weighted by Crippen LogP contribution is -2.26. The van der Waals surface area contributed by atoms with E-state index in [2.05, 4.69) is 4.98 Å². The molecule has 3 N–H and O–H groups in total. The lowest BCUT2D eigenvalue weighted by atomic mass is 10.00. The van der Waals surface area contributed by atoms with Crippen LogP contribution in [0.4, 0.5) is 10.1 Å². The fourth-order valence-corrected chi connectivity index (χ4v) is 4.05. The minimum absolute atomic E-state index is 0.00835. The molecule has 8 heteroatoms. The average molecular weight is 381 g/mol. The van der Waals surface area contributed by atoms with Crippen molar-refractivity contribution in [1.29, 1.82) is 0 Å². The first-order chi connectivity index (χ1) is 12.4. The molecule has 4 rings (SSSR count). The Hall–Kier alpha value is -2.12. The van der Waals surface area contributed by atoms with E-state index < -0.39 is 27.7 Å². The number of aromatic amines is 1. The molecule has 2 aromatic rings. The highest BCUT2D eigenvalue weighted by atomic mass is 35.5. The molecule has 2 fully saturated rings. The van der Waals surface area contributed by atoms with E-state index in [1.165, 1.54) is 0 Å². The van der Waals surface area contributed by atoms with Gasteiger partial charge in [0.15, 0.2) is 0 Å². The van der Waals surface area contributed by atoms with Crippen molar-refractivity contribution in [1.82, 2.24) is 4.98 Å². The van der Waals surface area contributed by atoms with Gasteiger partial charge in [-0.15, -0.1) is 11.6 Å². The van der Waals surface area contributed by atoms with E-state index in [4.69, 9.17) is 16.7 Å². The molecule has 26 heavy (non-hydrogen) atoms. The van der Waals surface area contributed by atoms with E-state index in [0.717, 1.165) is 18.7 Å². The Kier molecular flexibility index (Phi) is 3.96. The average Bonchev–Trinajstić information content (AvgIpc) is 3.17. The summed E-state index contributed by atoms with van der Waals surface area (Å²) < 4.78 is 15.1. The van der Waals surface area contributed by atoms with Gasteiger partial charge in [-0.25, -0.2) is 9.18 Å². The Bertz CT molecular complexity index is 970. The van der Waals surface area contributed by atoms with Gasteiger partial charge in [0.05, 0.1) is 16.1 Å². The van der Waals surface area contributed by atoms with E-state index in [1.807, 2.05) is 4.90 Å². The van der Waals surface area contributed by atoms with E-state index >= 15 is 4.39 Å². The Morgan fingerprint density at radius 3 is 2.77 bits per heavy atom. The number of hydrogen-bond acceptors (Lipinski definition) is 4. The van der Waals surface area contributed by atoms with Gasteiger partial charge >= 0.3 is 5.97 Å². The molecule has 1 aromatic carbocycles. The number of rotatable bonds is 4. The van der Waals surface area contributed by atoms with Crippen molar-refractivity contribution in [2.24, 2.45) is 5.92 Å². The number of aliphatic hydroxyl groups is 1. The van der Waals surface area contributed by atoms with Gasteiger partial charge in [-0.3, -0.25) is 4.79 Å². The maximum atomic E-state index is 15.1. The molecule has 1 saturated carbocycles. The van der Waals surface area contributed by atoms with Gasteiger partial charge in [-0.2, -0.15) is 0 Å². The van der Waals surface area contributed by atoms with Crippen molar-refractivity contribution in [3.05, 3.63) is 39.4 Å². The second kappa shape index (κ2) is 5.96. The Morgan fingerprint density at radius 2 is 2.19 bits per heavy atom. The monoisotopic (exact) mass is 380 g/mol. The van der Waals surface area contributed by atoms with Crippen LogP contribution in [0.15, 0.2) is 17.1 Å². The Morgan fingerprint density at radius 1 is 1.46 bits per heavy atom. The molecular formula is C18H18ClFN2O4. The number of alkyl halides is 1. The molecule has 2 aliphatic rings. The summed E-state index contributed by atoms with van der Waals surface area (Å²) in [6.07, 6.45) is 3.19. The van der Waals surface area contributed by atoms with Gasteiger partial charge < -0.3 is 20.1 Å². The minimum Gasteiger partial charge on any atom is -0.477 e. The van der Waals surface area contributed by atoms with Crippen LogP contribution in [0.25, 0.3) is 10.9 Å². The summed E-state index contributed by atoms with van der Waals surface area (Å²) in [5, 5.41) is 18.5.